The van der Waals surface area contributed by atoms with E-state index in [4.69, 9.17) is 14.2 Å². The molecule has 8 nitrogen and oxygen atoms in total. The maximum Gasteiger partial charge on any atom is 0.341 e. The first kappa shape index (κ1) is 23.2. The molecule has 32 heavy (non-hydrogen) atoms. The van der Waals surface area contributed by atoms with E-state index in [0.717, 1.165) is 36.1 Å². The van der Waals surface area contributed by atoms with Gasteiger partial charge in [-0.1, -0.05) is 0 Å². The quantitative estimate of drug-likeness (QED) is 0.366. The number of hydrogen-bond acceptors (Lipinski definition) is 8. The van der Waals surface area contributed by atoms with Crippen molar-refractivity contribution in [3.05, 3.63) is 39.3 Å². The highest BCUT2D eigenvalue weighted by Gasteiger charge is 2.27. The molecule has 1 aromatic heterocycles. The first-order valence-corrected chi connectivity index (χ1v) is 10.9. The average molecular weight is 457 g/mol. The number of carbonyl (C=O) groups is 2. The first-order chi connectivity index (χ1) is 15.4. The minimum Gasteiger partial charge on any atom is -0.502 e. The zero-order valence-corrected chi connectivity index (χ0v) is 18.9. The van der Waals surface area contributed by atoms with E-state index in [1.165, 1.54) is 43.8 Å². The molecular formula is C23H24N2O6S. The van der Waals surface area contributed by atoms with Gasteiger partial charge in [-0.2, -0.15) is 5.26 Å². The predicted molar refractivity (Wildman–Crippen MR) is 120 cm³/mol. The number of fused-ring (bicyclic) bond motifs is 1. The second-order valence-electron chi connectivity index (χ2n) is 7.03. The van der Waals surface area contributed by atoms with Crippen molar-refractivity contribution in [2.45, 2.75) is 32.6 Å². The Balaban J connectivity index is 1.95. The monoisotopic (exact) mass is 456 g/mol. The lowest BCUT2D eigenvalue weighted by molar-refractivity contribution is -0.112. The largest absolute Gasteiger partial charge is 0.502 e. The number of nitrogens with zero attached hydrogens (tertiary/aromatic N) is 1. The Bertz CT molecular complexity index is 1090. The van der Waals surface area contributed by atoms with Crippen molar-refractivity contribution in [2.75, 3.05) is 26.1 Å². The maximum atomic E-state index is 12.9. The van der Waals surface area contributed by atoms with E-state index in [9.17, 15) is 20.0 Å². The summed E-state index contributed by atoms with van der Waals surface area (Å²) >= 11 is 1.35. The molecule has 2 aromatic rings. The van der Waals surface area contributed by atoms with Crippen LogP contribution in [0.4, 0.5) is 5.00 Å². The van der Waals surface area contributed by atoms with Gasteiger partial charge in [0.05, 0.1) is 26.4 Å². The number of amides is 1. The zero-order chi connectivity index (χ0) is 23.3. The van der Waals surface area contributed by atoms with E-state index < -0.39 is 11.9 Å². The van der Waals surface area contributed by atoms with Crippen molar-refractivity contribution >= 4 is 34.3 Å². The van der Waals surface area contributed by atoms with Gasteiger partial charge in [0.25, 0.3) is 5.91 Å². The van der Waals surface area contributed by atoms with Crippen LogP contribution < -0.4 is 14.8 Å². The summed E-state index contributed by atoms with van der Waals surface area (Å²) in [5.74, 6) is -1.02. The third-order valence-corrected chi connectivity index (χ3v) is 6.26. The first-order valence-electron chi connectivity index (χ1n) is 10.1. The number of phenolic OH excluding ortho intramolecular Hbond substituents is 1. The maximum absolute atomic E-state index is 12.9. The van der Waals surface area contributed by atoms with Gasteiger partial charge in [-0.15, -0.1) is 11.3 Å². The second-order valence-corrected chi connectivity index (χ2v) is 8.14. The van der Waals surface area contributed by atoms with Gasteiger partial charge >= 0.3 is 5.97 Å². The topological polar surface area (TPSA) is 118 Å². The molecule has 1 heterocycles. The molecule has 0 bridgehead atoms. The zero-order valence-electron chi connectivity index (χ0n) is 18.1. The second kappa shape index (κ2) is 10.2. The SMILES string of the molecule is CCOC(=O)c1c(NC(=O)C(C#N)=Cc2cc(OC)c(O)c(OC)c2)sc2c1CCCC2. The molecule has 0 atom stereocenters. The fraction of sp³-hybridized carbons (Fsp3) is 0.348. The number of benzene rings is 1. The number of methoxy groups -OCH3 is 2. The number of ether oxygens (including phenoxy) is 3. The van der Waals surface area contributed by atoms with Gasteiger partial charge < -0.3 is 24.6 Å². The van der Waals surface area contributed by atoms with E-state index in [1.54, 1.807) is 6.92 Å². The summed E-state index contributed by atoms with van der Waals surface area (Å²) < 4.78 is 15.4. The Hall–Kier alpha value is -3.51. The van der Waals surface area contributed by atoms with Crippen molar-refractivity contribution in [1.29, 1.82) is 5.26 Å². The molecule has 0 saturated carbocycles. The minimum absolute atomic E-state index is 0.142. The number of hydrogen-bond donors (Lipinski definition) is 2. The Labute approximate surface area is 190 Å². The van der Waals surface area contributed by atoms with Crippen LogP contribution in [0.25, 0.3) is 6.08 Å². The van der Waals surface area contributed by atoms with E-state index in [1.807, 2.05) is 6.07 Å². The molecule has 0 saturated heterocycles. The summed E-state index contributed by atoms with van der Waals surface area (Å²) in [6.07, 6.45) is 4.95. The number of carbonyl (C=O) groups excluding carboxylic acids is 2. The van der Waals surface area contributed by atoms with Gasteiger partial charge in [-0.05, 0) is 61.9 Å². The highest BCUT2D eigenvalue weighted by atomic mass is 32.1. The summed E-state index contributed by atoms with van der Waals surface area (Å²) in [5.41, 5.74) is 1.55. The Kier molecular flexibility index (Phi) is 7.38. The summed E-state index contributed by atoms with van der Waals surface area (Å²) in [7, 11) is 2.77. The smallest absolute Gasteiger partial charge is 0.341 e. The normalized spacial score (nSPS) is 13.0. The molecule has 0 unspecified atom stereocenters. The van der Waals surface area contributed by atoms with Crippen LogP contribution in [0.3, 0.4) is 0 Å². The number of thiophene rings is 1. The number of nitriles is 1. The van der Waals surface area contributed by atoms with Gasteiger partial charge in [0.1, 0.15) is 16.6 Å². The number of anilines is 1. The highest BCUT2D eigenvalue weighted by Crippen LogP contribution is 2.39. The van der Waals surface area contributed by atoms with Gasteiger partial charge in [0, 0.05) is 4.88 Å². The van der Waals surface area contributed by atoms with Crippen LogP contribution in [0, 0.1) is 11.3 Å². The number of nitrogens with one attached hydrogen (secondary N) is 1. The Morgan fingerprint density at radius 2 is 1.88 bits per heavy atom. The van der Waals surface area contributed by atoms with Gasteiger partial charge in [-0.25, -0.2) is 4.79 Å². The van der Waals surface area contributed by atoms with Crippen LogP contribution in [0.2, 0.25) is 0 Å². The van der Waals surface area contributed by atoms with Crippen molar-refractivity contribution in [3.8, 4) is 23.3 Å². The summed E-state index contributed by atoms with van der Waals surface area (Å²) in [6, 6.07) is 4.85. The van der Waals surface area contributed by atoms with Crippen LogP contribution >= 0.6 is 11.3 Å². The molecule has 168 valence electrons. The van der Waals surface area contributed by atoms with E-state index in [-0.39, 0.29) is 29.4 Å². The molecule has 0 fully saturated rings. The van der Waals surface area contributed by atoms with Gasteiger partial charge in [0.2, 0.25) is 5.75 Å². The molecule has 1 amide bonds. The van der Waals surface area contributed by atoms with Crippen LogP contribution in [0.5, 0.6) is 17.2 Å². The molecular weight excluding hydrogens is 432 g/mol. The van der Waals surface area contributed by atoms with Crippen LogP contribution in [0.1, 0.15) is 46.1 Å². The summed E-state index contributed by atoms with van der Waals surface area (Å²) in [6.45, 7) is 1.95. The predicted octanol–water partition coefficient (Wildman–Crippen LogP) is 4.07. The Morgan fingerprint density at radius 1 is 1.22 bits per heavy atom. The summed E-state index contributed by atoms with van der Waals surface area (Å²) in [5, 5.41) is 22.8. The number of rotatable bonds is 7. The van der Waals surface area contributed by atoms with E-state index in [2.05, 4.69) is 5.32 Å². The van der Waals surface area contributed by atoms with Gasteiger partial charge in [0.15, 0.2) is 11.5 Å². The minimum atomic E-state index is -0.650. The molecule has 0 aliphatic heterocycles. The lowest BCUT2D eigenvalue weighted by Crippen LogP contribution is -2.16. The van der Waals surface area contributed by atoms with Gasteiger partial charge in [-0.3, -0.25) is 4.79 Å². The Morgan fingerprint density at radius 3 is 2.47 bits per heavy atom. The fourth-order valence-electron chi connectivity index (χ4n) is 3.56. The number of phenols is 1. The third kappa shape index (κ3) is 4.70. The lowest BCUT2D eigenvalue weighted by Gasteiger charge is -2.12. The highest BCUT2D eigenvalue weighted by molar-refractivity contribution is 7.17. The van der Waals surface area contributed by atoms with Crippen molar-refractivity contribution in [2.24, 2.45) is 0 Å². The van der Waals surface area contributed by atoms with E-state index >= 15 is 0 Å². The molecule has 9 heteroatoms. The molecule has 3 rings (SSSR count). The number of esters is 1. The van der Waals surface area contributed by atoms with Crippen molar-refractivity contribution in [1.82, 2.24) is 0 Å². The van der Waals surface area contributed by atoms with E-state index in [0.29, 0.717) is 16.1 Å². The molecule has 0 spiro atoms. The number of aryl methyl sites for hydroxylation is 1. The molecule has 1 aliphatic carbocycles. The standard InChI is InChI=1S/C23H24N2O6S/c1-4-31-23(28)19-15-7-5-6-8-18(15)32-22(19)25-21(27)14(12-24)9-13-10-16(29-2)20(26)17(11-13)30-3/h9-11,26H,4-8H2,1-3H3,(H,25,27). The number of aromatic hydroxyl groups is 1. The van der Waals surface area contributed by atoms with Crippen LogP contribution in [0.15, 0.2) is 17.7 Å². The lowest BCUT2D eigenvalue weighted by atomic mass is 9.95. The van der Waals surface area contributed by atoms with Crippen molar-refractivity contribution < 1.29 is 28.9 Å². The molecule has 0 radical (unpaired) electrons. The van der Waals surface area contributed by atoms with Crippen LogP contribution in [-0.4, -0.2) is 37.8 Å². The molecule has 1 aromatic carbocycles. The fourth-order valence-corrected chi connectivity index (χ4v) is 4.83. The third-order valence-electron chi connectivity index (χ3n) is 5.06. The summed E-state index contributed by atoms with van der Waals surface area (Å²) in [4.78, 5) is 26.6. The van der Waals surface area contributed by atoms with Crippen LogP contribution in [-0.2, 0) is 22.4 Å². The average Bonchev–Trinajstić information content (AvgIpc) is 3.16. The molecule has 1 aliphatic rings. The van der Waals surface area contributed by atoms with Crippen molar-refractivity contribution in [3.63, 3.8) is 0 Å². The molecule has 2 N–H and O–H groups in total.